The Bertz CT molecular complexity index is 116. The Kier molecular flexibility index (Phi) is 4.83. The highest BCUT2D eigenvalue weighted by molar-refractivity contribution is 6.36. The van der Waals surface area contributed by atoms with E-state index in [9.17, 15) is 4.79 Å². The monoisotopic (exact) mass is 183 g/mol. The predicted molar refractivity (Wildman–Crippen MR) is 43.6 cm³/mol. The van der Waals surface area contributed by atoms with Gasteiger partial charge < -0.3 is 5.32 Å². The summed E-state index contributed by atoms with van der Waals surface area (Å²) in [6, 6.07) is 0.122. The molecule has 0 saturated heterocycles. The quantitative estimate of drug-likeness (QED) is 0.659. The number of rotatable bonds is 3. The number of nitrogens with one attached hydrogen (secondary N) is 1. The minimum absolute atomic E-state index is 0.122. The van der Waals surface area contributed by atoms with Gasteiger partial charge in [0.05, 0.1) is 0 Å². The maximum absolute atomic E-state index is 10.9. The highest BCUT2D eigenvalue weighted by Gasteiger charge is 2.13. The Balaban J connectivity index is 3.62. The molecule has 0 heterocycles. The second-order valence-electron chi connectivity index (χ2n) is 2.29. The van der Waals surface area contributed by atoms with Gasteiger partial charge in [0.2, 0.25) is 5.91 Å². The molecule has 0 aromatic carbocycles. The highest BCUT2D eigenvalue weighted by Crippen LogP contribution is 1.98. The Hall–Kier alpha value is 0.0500. The Labute approximate surface area is 70.9 Å². The molecule has 0 fully saturated rings. The zero-order valence-corrected chi connectivity index (χ0v) is 7.54. The minimum atomic E-state index is -0.607. The molecule has 0 aliphatic carbocycles. The van der Waals surface area contributed by atoms with Crippen LogP contribution >= 0.6 is 23.2 Å². The summed E-state index contributed by atoms with van der Waals surface area (Å²) >= 11 is 10.9. The topological polar surface area (TPSA) is 29.1 Å². The number of carbonyl (C=O) groups is 1. The third-order valence-electron chi connectivity index (χ3n) is 0.851. The molecule has 0 radical (unpaired) electrons. The lowest BCUT2D eigenvalue weighted by Gasteiger charge is -2.09. The zero-order chi connectivity index (χ0) is 8.15. The third-order valence-corrected chi connectivity index (χ3v) is 1.67. The fourth-order valence-electron chi connectivity index (χ4n) is 0.445. The van der Waals surface area contributed by atoms with E-state index in [1.54, 1.807) is 0 Å². The van der Waals surface area contributed by atoms with Crippen molar-refractivity contribution in [3.63, 3.8) is 0 Å². The van der Waals surface area contributed by atoms with Crippen molar-refractivity contribution in [1.82, 2.24) is 5.32 Å². The van der Waals surface area contributed by atoms with Crippen LogP contribution in [0.15, 0.2) is 0 Å². The average Bonchev–Trinajstić information content (AvgIpc) is 1.85. The van der Waals surface area contributed by atoms with Crippen LogP contribution in [0.4, 0.5) is 0 Å². The molecular weight excluding hydrogens is 173 g/mol. The number of amides is 1. The molecule has 1 atom stereocenters. The summed E-state index contributed by atoms with van der Waals surface area (Å²) < 4.78 is 0. The van der Waals surface area contributed by atoms with Crippen molar-refractivity contribution >= 4 is 29.1 Å². The van der Waals surface area contributed by atoms with E-state index in [2.05, 4.69) is 5.32 Å². The summed E-state index contributed by atoms with van der Waals surface area (Å²) in [6.07, 6.45) is 0. The Morgan fingerprint density at radius 2 is 2.10 bits per heavy atom. The second-order valence-corrected chi connectivity index (χ2v) is 3.12. The van der Waals surface area contributed by atoms with Crippen LogP contribution in [0.1, 0.15) is 13.8 Å². The van der Waals surface area contributed by atoms with Crippen LogP contribution in [0.2, 0.25) is 0 Å². The van der Waals surface area contributed by atoms with Gasteiger partial charge in [0, 0.05) is 11.9 Å². The summed E-state index contributed by atoms with van der Waals surface area (Å²) in [5.74, 6) is -0.0493. The predicted octanol–water partition coefficient (Wildman–Crippen LogP) is 1.36. The first-order chi connectivity index (χ1) is 4.57. The van der Waals surface area contributed by atoms with Crippen molar-refractivity contribution < 1.29 is 4.79 Å². The first kappa shape index (κ1) is 10.0. The molecule has 0 spiro atoms. The molecule has 4 heteroatoms. The molecular formula is C6H11Cl2NO. The van der Waals surface area contributed by atoms with Gasteiger partial charge in [-0.2, -0.15) is 0 Å². The molecule has 1 amide bonds. The van der Waals surface area contributed by atoms with Gasteiger partial charge in [-0.15, -0.1) is 23.2 Å². The van der Waals surface area contributed by atoms with Gasteiger partial charge in [0.1, 0.15) is 5.38 Å². The van der Waals surface area contributed by atoms with E-state index in [4.69, 9.17) is 23.2 Å². The van der Waals surface area contributed by atoms with Crippen LogP contribution in [0.5, 0.6) is 0 Å². The molecule has 0 aliphatic rings. The lowest BCUT2D eigenvalue weighted by Crippen LogP contribution is -2.36. The molecule has 0 rings (SSSR count). The van der Waals surface area contributed by atoms with Gasteiger partial charge in [-0.25, -0.2) is 0 Å². The normalized spacial score (nSPS) is 13.3. The highest BCUT2D eigenvalue weighted by atomic mass is 35.5. The minimum Gasteiger partial charge on any atom is -0.353 e. The summed E-state index contributed by atoms with van der Waals surface area (Å²) in [5, 5.41) is 2.03. The standard InChI is InChI=1S/C6H11Cl2NO/c1-4(2)9-6(10)5(8)3-7/h4-5H,3H2,1-2H3,(H,9,10)/t5-/m1/s1. The number of alkyl halides is 2. The zero-order valence-electron chi connectivity index (χ0n) is 6.03. The molecule has 60 valence electrons. The van der Waals surface area contributed by atoms with Crippen LogP contribution in [0.25, 0.3) is 0 Å². The number of carbonyl (C=O) groups excluding carboxylic acids is 1. The Morgan fingerprint density at radius 3 is 2.40 bits per heavy atom. The van der Waals surface area contributed by atoms with E-state index in [0.29, 0.717) is 0 Å². The van der Waals surface area contributed by atoms with E-state index in [-0.39, 0.29) is 17.8 Å². The first-order valence-corrected chi connectivity index (χ1v) is 4.05. The van der Waals surface area contributed by atoms with Gasteiger partial charge in [-0.3, -0.25) is 4.79 Å². The number of hydrogen-bond donors (Lipinski definition) is 1. The SMILES string of the molecule is CC(C)NC(=O)[C@H](Cl)CCl. The molecule has 1 N–H and O–H groups in total. The maximum Gasteiger partial charge on any atom is 0.239 e. The van der Waals surface area contributed by atoms with E-state index in [1.807, 2.05) is 13.8 Å². The van der Waals surface area contributed by atoms with Gasteiger partial charge in [0.15, 0.2) is 0 Å². The van der Waals surface area contributed by atoms with Gasteiger partial charge in [-0.1, -0.05) is 0 Å². The smallest absolute Gasteiger partial charge is 0.239 e. The summed E-state index contributed by atoms with van der Waals surface area (Å²) in [5.41, 5.74) is 0. The van der Waals surface area contributed by atoms with Crippen LogP contribution < -0.4 is 5.32 Å². The molecule has 10 heavy (non-hydrogen) atoms. The molecule has 0 aliphatic heterocycles. The van der Waals surface area contributed by atoms with Crippen LogP contribution in [0.3, 0.4) is 0 Å². The lowest BCUT2D eigenvalue weighted by atomic mass is 10.3. The van der Waals surface area contributed by atoms with E-state index < -0.39 is 5.38 Å². The van der Waals surface area contributed by atoms with Crippen LogP contribution in [0, 0.1) is 0 Å². The van der Waals surface area contributed by atoms with E-state index in [1.165, 1.54) is 0 Å². The summed E-state index contributed by atoms with van der Waals surface area (Å²) in [4.78, 5) is 10.9. The van der Waals surface area contributed by atoms with E-state index in [0.717, 1.165) is 0 Å². The van der Waals surface area contributed by atoms with Gasteiger partial charge in [-0.05, 0) is 13.8 Å². The van der Waals surface area contributed by atoms with Crippen molar-refractivity contribution in [3.05, 3.63) is 0 Å². The number of halogens is 2. The van der Waals surface area contributed by atoms with E-state index >= 15 is 0 Å². The summed E-state index contributed by atoms with van der Waals surface area (Å²) in [6.45, 7) is 3.74. The second kappa shape index (κ2) is 4.80. The molecule has 0 saturated carbocycles. The van der Waals surface area contributed by atoms with Crippen molar-refractivity contribution in [1.29, 1.82) is 0 Å². The largest absolute Gasteiger partial charge is 0.353 e. The molecule has 2 nitrogen and oxygen atoms in total. The average molecular weight is 184 g/mol. The Morgan fingerprint density at radius 1 is 1.60 bits per heavy atom. The maximum atomic E-state index is 10.9. The molecule has 0 unspecified atom stereocenters. The third kappa shape index (κ3) is 3.96. The van der Waals surface area contributed by atoms with Crippen LogP contribution in [-0.4, -0.2) is 23.2 Å². The van der Waals surface area contributed by atoms with Crippen molar-refractivity contribution in [2.24, 2.45) is 0 Å². The molecule has 0 aromatic rings. The fourth-order valence-corrected chi connectivity index (χ4v) is 0.648. The number of hydrogen-bond acceptors (Lipinski definition) is 1. The van der Waals surface area contributed by atoms with Crippen LogP contribution in [-0.2, 0) is 4.79 Å². The van der Waals surface area contributed by atoms with Crippen molar-refractivity contribution in [2.75, 3.05) is 5.88 Å². The van der Waals surface area contributed by atoms with Gasteiger partial charge >= 0.3 is 0 Å². The van der Waals surface area contributed by atoms with Gasteiger partial charge in [0.25, 0.3) is 0 Å². The first-order valence-electron chi connectivity index (χ1n) is 3.08. The lowest BCUT2D eigenvalue weighted by molar-refractivity contribution is -0.120. The fraction of sp³-hybridized carbons (Fsp3) is 0.833. The molecule has 0 bridgehead atoms. The van der Waals surface area contributed by atoms with Crippen molar-refractivity contribution in [3.8, 4) is 0 Å². The molecule has 0 aromatic heterocycles. The summed E-state index contributed by atoms with van der Waals surface area (Å²) in [7, 11) is 0. The van der Waals surface area contributed by atoms with Crippen molar-refractivity contribution in [2.45, 2.75) is 25.3 Å².